The maximum Gasteiger partial charge on any atom is 0.257 e. The summed E-state index contributed by atoms with van der Waals surface area (Å²) < 4.78 is 0. The van der Waals surface area contributed by atoms with E-state index in [0.29, 0.717) is 15.9 Å². The van der Waals surface area contributed by atoms with Gasteiger partial charge in [-0.15, -0.1) is 23.1 Å². The summed E-state index contributed by atoms with van der Waals surface area (Å²) in [7, 11) is 0. The van der Waals surface area contributed by atoms with Gasteiger partial charge in [0.1, 0.15) is 0 Å². The van der Waals surface area contributed by atoms with Gasteiger partial charge in [0.2, 0.25) is 0 Å². The van der Waals surface area contributed by atoms with E-state index in [1.165, 1.54) is 16.2 Å². The third kappa shape index (κ3) is 3.58. The molecule has 0 radical (unpaired) electrons. The number of nitrogens with zero attached hydrogens (tertiary/aromatic N) is 1. The van der Waals surface area contributed by atoms with Crippen LogP contribution in [0.15, 0.2) is 40.7 Å². The number of carbonyl (C=O) groups excluding carboxylic acids is 1. The van der Waals surface area contributed by atoms with Gasteiger partial charge in [-0.2, -0.15) is 0 Å². The van der Waals surface area contributed by atoms with Crippen LogP contribution >= 0.6 is 23.1 Å². The van der Waals surface area contributed by atoms with Crippen LogP contribution in [0.5, 0.6) is 0 Å². The number of nitrogens with one attached hydrogen (secondary N) is 1. The van der Waals surface area contributed by atoms with Crippen LogP contribution in [0.3, 0.4) is 0 Å². The number of rotatable bonds is 4. The lowest BCUT2D eigenvalue weighted by Crippen LogP contribution is -2.11. The molecule has 1 aromatic carbocycles. The van der Waals surface area contributed by atoms with Gasteiger partial charge in [-0.25, -0.2) is 4.98 Å². The zero-order chi connectivity index (χ0) is 13.0. The first kappa shape index (κ1) is 13.1. The van der Waals surface area contributed by atoms with Crippen molar-refractivity contribution in [3.63, 3.8) is 0 Å². The predicted molar refractivity (Wildman–Crippen MR) is 77.5 cm³/mol. The fourth-order valence-electron chi connectivity index (χ4n) is 1.41. The molecule has 0 aliphatic rings. The molecule has 1 N–H and O–H groups in total. The number of hydrogen-bond acceptors (Lipinski definition) is 4. The zero-order valence-electron chi connectivity index (χ0n) is 10.2. The summed E-state index contributed by atoms with van der Waals surface area (Å²) in [5.41, 5.74) is 0.651. The number of benzene rings is 1. The van der Waals surface area contributed by atoms with Crippen molar-refractivity contribution in [3.05, 3.63) is 41.4 Å². The molecule has 3 nitrogen and oxygen atoms in total. The fraction of sp³-hybridized carbons (Fsp3) is 0.231. The zero-order valence-corrected chi connectivity index (χ0v) is 11.8. The number of carbonyl (C=O) groups is 1. The molecule has 0 bridgehead atoms. The number of thiazole rings is 1. The maximum absolute atomic E-state index is 11.9. The Hall–Kier alpha value is -1.33. The van der Waals surface area contributed by atoms with Crippen molar-refractivity contribution in [1.82, 2.24) is 4.98 Å². The SMILES string of the molecule is CC(C)Sc1ccc(C(=O)Nc2nccs2)cc1. The number of aromatic nitrogens is 1. The largest absolute Gasteiger partial charge is 0.298 e. The monoisotopic (exact) mass is 278 g/mol. The molecule has 2 aromatic rings. The Bertz CT molecular complexity index is 506. The molecular formula is C13H14N2OS2. The van der Waals surface area contributed by atoms with E-state index in [9.17, 15) is 4.79 Å². The molecule has 18 heavy (non-hydrogen) atoms. The van der Waals surface area contributed by atoms with Crippen molar-refractivity contribution >= 4 is 34.1 Å². The van der Waals surface area contributed by atoms with Gasteiger partial charge in [0.05, 0.1) is 0 Å². The lowest BCUT2D eigenvalue weighted by Gasteiger charge is -2.06. The van der Waals surface area contributed by atoms with E-state index in [1.54, 1.807) is 18.0 Å². The minimum absolute atomic E-state index is 0.119. The van der Waals surface area contributed by atoms with Gasteiger partial charge in [0, 0.05) is 27.3 Å². The van der Waals surface area contributed by atoms with Crippen molar-refractivity contribution in [2.24, 2.45) is 0 Å². The van der Waals surface area contributed by atoms with Gasteiger partial charge in [-0.05, 0) is 24.3 Å². The Balaban J connectivity index is 2.03. The molecule has 5 heteroatoms. The van der Waals surface area contributed by atoms with Gasteiger partial charge in [-0.1, -0.05) is 13.8 Å². The molecule has 0 atom stereocenters. The van der Waals surface area contributed by atoms with E-state index in [4.69, 9.17) is 0 Å². The first-order valence-corrected chi connectivity index (χ1v) is 7.38. The lowest BCUT2D eigenvalue weighted by atomic mass is 10.2. The van der Waals surface area contributed by atoms with Crippen molar-refractivity contribution in [1.29, 1.82) is 0 Å². The first-order chi connectivity index (χ1) is 8.65. The Morgan fingerprint density at radius 3 is 2.61 bits per heavy atom. The van der Waals surface area contributed by atoms with Crippen molar-refractivity contribution in [2.75, 3.05) is 5.32 Å². The molecule has 1 amide bonds. The van der Waals surface area contributed by atoms with E-state index in [2.05, 4.69) is 24.1 Å². The van der Waals surface area contributed by atoms with Gasteiger partial charge in [0.25, 0.3) is 5.91 Å². The van der Waals surface area contributed by atoms with Crippen molar-refractivity contribution < 1.29 is 4.79 Å². The second-order valence-electron chi connectivity index (χ2n) is 3.98. The van der Waals surface area contributed by atoms with E-state index >= 15 is 0 Å². The molecule has 0 fully saturated rings. The summed E-state index contributed by atoms with van der Waals surface area (Å²) in [5.74, 6) is -0.119. The Kier molecular flexibility index (Phi) is 4.38. The van der Waals surface area contributed by atoms with Crippen LogP contribution in [0.4, 0.5) is 5.13 Å². The molecule has 94 valence electrons. The van der Waals surface area contributed by atoms with Crippen LogP contribution < -0.4 is 5.32 Å². The summed E-state index contributed by atoms with van der Waals surface area (Å²) in [4.78, 5) is 17.1. The number of anilines is 1. The highest BCUT2D eigenvalue weighted by Crippen LogP contribution is 2.23. The molecule has 0 spiro atoms. The van der Waals surface area contributed by atoms with Crippen molar-refractivity contribution in [3.8, 4) is 0 Å². The van der Waals surface area contributed by atoms with Crippen LogP contribution in [0.2, 0.25) is 0 Å². The van der Waals surface area contributed by atoms with Gasteiger partial charge >= 0.3 is 0 Å². The average molecular weight is 278 g/mol. The molecule has 0 aliphatic carbocycles. The van der Waals surface area contributed by atoms with Crippen LogP contribution in [0, 0.1) is 0 Å². The molecule has 1 aromatic heterocycles. The quantitative estimate of drug-likeness (QED) is 0.863. The highest BCUT2D eigenvalue weighted by Gasteiger charge is 2.07. The van der Waals surface area contributed by atoms with Crippen LogP contribution in [-0.4, -0.2) is 16.1 Å². The maximum atomic E-state index is 11.9. The van der Waals surface area contributed by atoms with E-state index < -0.39 is 0 Å². The topological polar surface area (TPSA) is 42.0 Å². The third-order valence-corrected chi connectivity index (χ3v) is 3.85. The third-order valence-electron chi connectivity index (χ3n) is 2.14. The predicted octanol–water partition coefficient (Wildman–Crippen LogP) is 3.90. The van der Waals surface area contributed by atoms with Gasteiger partial charge in [-0.3, -0.25) is 10.1 Å². The molecule has 0 saturated carbocycles. The minimum atomic E-state index is -0.119. The number of thioether (sulfide) groups is 1. The number of amides is 1. The summed E-state index contributed by atoms with van der Waals surface area (Å²) in [6.45, 7) is 4.29. The minimum Gasteiger partial charge on any atom is -0.298 e. The molecule has 1 heterocycles. The van der Waals surface area contributed by atoms with Gasteiger partial charge in [0.15, 0.2) is 5.13 Å². The molecule has 0 unspecified atom stereocenters. The summed E-state index contributed by atoms with van der Waals surface area (Å²) in [5, 5.41) is 5.76. The standard InChI is InChI=1S/C13H14N2OS2/c1-9(2)18-11-5-3-10(4-6-11)12(16)15-13-14-7-8-17-13/h3-9H,1-2H3,(H,14,15,16). The molecule has 2 rings (SSSR count). The van der Waals surface area contributed by atoms with Crippen LogP contribution in [0.25, 0.3) is 0 Å². The van der Waals surface area contributed by atoms with E-state index in [0.717, 1.165) is 0 Å². The smallest absolute Gasteiger partial charge is 0.257 e. The van der Waals surface area contributed by atoms with E-state index in [-0.39, 0.29) is 5.91 Å². The highest BCUT2D eigenvalue weighted by molar-refractivity contribution is 7.99. The Morgan fingerprint density at radius 2 is 2.06 bits per heavy atom. The molecular weight excluding hydrogens is 264 g/mol. The van der Waals surface area contributed by atoms with Crippen LogP contribution in [-0.2, 0) is 0 Å². The summed E-state index contributed by atoms with van der Waals surface area (Å²) in [6.07, 6.45) is 1.67. The Labute approximate surface area is 115 Å². The second-order valence-corrected chi connectivity index (χ2v) is 6.53. The normalized spacial score (nSPS) is 10.6. The van der Waals surface area contributed by atoms with Crippen molar-refractivity contribution in [2.45, 2.75) is 24.0 Å². The molecule has 0 saturated heterocycles. The second kappa shape index (κ2) is 6.02. The van der Waals surface area contributed by atoms with Gasteiger partial charge < -0.3 is 0 Å². The average Bonchev–Trinajstić information content (AvgIpc) is 2.82. The van der Waals surface area contributed by atoms with Crippen LogP contribution in [0.1, 0.15) is 24.2 Å². The lowest BCUT2D eigenvalue weighted by molar-refractivity contribution is 0.102. The Morgan fingerprint density at radius 1 is 1.33 bits per heavy atom. The highest BCUT2D eigenvalue weighted by atomic mass is 32.2. The first-order valence-electron chi connectivity index (χ1n) is 5.62. The summed E-state index contributed by atoms with van der Waals surface area (Å²) >= 11 is 3.19. The fourth-order valence-corrected chi connectivity index (χ4v) is 2.77. The number of hydrogen-bond donors (Lipinski definition) is 1. The summed E-state index contributed by atoms with van der Waals surface area (Å²) in [6, 6.07) is 7.63. The van der Waals surface area contributed by atoms with E-state index in [1.807, 2.05) is 29.6 Å². The molecule has 0 aliphatic heterocycles.